The van der Waals surface area contributed by atoms with E-state index in [1.54, 1.807) is 12.1 Å². The zero-order valence-corrected chi connectivity index (χ0v) is 12.5. The summed E-state index contributed by atoms with van der Waals surface area (Å²) >= 11 is 0. The van der Waals surface area contributed by atoms with Crippen LogP contribution in [0.2, 0.25) is 0 Å². The van der Waals surface area contributed by atoms with E-state index in [9.17, 15) is 20.1 Å². The van der Waals surface area contributed by atoms with E-state index in [1.165, 1.54) is 18.2 Å². The molecular formula is C16H18ClNO4. The van der Waals surface area contributed by atoms with Crippen LogP contribution in [0, 0.1) is 0 Å². The largest absolute Gasteiger partial charge is 0.508 e. The lowest BCUT2D eigenvalue weighted by Crippen LogP contribution is -2.49. The van der Waals surface area contributed by atoms with E-state index >= 15 is 0 Å². The van der Waals surface area contributed by atoms with Crippen LogP contribution in [-0.2, 0) is 12.1 Å². The molecule has 118 valence electrons. The van der Waals surface area contributed by atoms with E-state index in [1.807, 2.05) is 18.2 Å². The highest BCUT2D eigenvalue weighted by Crippen LogP contribution is 2.30. The lowest BCUT2D eigenvalue weighted by Gasteiger charge is -2.30. The lowest BCUT2D eigenvalue weighted by atomic mass is 9.91. The van der Waals surface area contributed by atoms with Gasteiger partial charge in [-0.3, -0.25) is 10.5 Å². The molecule has 0 radical (unpaired) electrons. The van der Waals surface area contributed by atoms with Gasteiger partial charge in [0.05, 0.1) is 0 Å². The van der Waals surface area contributed by atoms with Crippen molar-refractivity contribution in [2.45, 2.75) is 18.2 Å². The smallest absolute Gasteiger partial charge is 0.169 e. The van der Waals surface area contributed by atoms with E-state index in [0.717, 1.165) is 5.56 Å². The number of nitrogens with two attached hydrogens (primary N) is 1. The summed E-state index contributed by atoms with van der Waals surface area (Å²) in [6.07, 6.45) is -0.658. The summed E-state index contributed by atoms with van der Waals surface area (Å²) in [5, 5.41) is 30.4. The summed E-state index contributed by atoms with van der Waals surface area (Å²) < 4.78 is 0. The van der Waals surface area contributed by atoms with E-state index in [0.29, 0.717) is 6.29 Å². The average molecular weight is 324 g/mol. The molecule has 5 nitrogen and oxygen atoms in total. The van der Waals surface area contributed by atoms with Gasteiger partial charge in [0, 0.05) is 17.5 Å². The van der Waals surface area contributed by atoms with Crippen molar-refractivity contribution in [3.63, 3.8) is 0 Å². The van der Waals surface area contributed by atoms with Crippen molar-refractivity contribution in [1.29, 1.82) is 0 Å². The SMILES string of the molecule is Cl.N[C@](O)(c1cc(C=O)ccc1O)[C@@H](O)Cc1ccccc1. The number of carbonyl (C=O) groups excluding carboxylic acids is 1. The first kappa shape index (κ1) is 18.1. The Hall–Kier alpha value is -1.92. The Kier molecular flexibility index (Phi) is 6.08. The number of aliphatic hydroxyl groups excluding tert-OH is 1. The zero-order chi connectivity index (χ0) is 15.5. The quantitative estimate of drug-likeness (QED) is 0.491. The van der Waals surface area contributed by atoms with Gasteiger partial charge < -0.3 is 15.3 Å². The highest BCUT2D eigenvalue weighted by atomic mass is 35.5. The van der Waals surface area contributed by atoms with E-state index in [2.05, 4.69) is 0 Å². The first-order chi connectivity index (χ1) is 9.95. The Morgan fingerprint density at radius 2 is 1.82 bits per heavy atom. The number of hydrogen-bond donors (Lipinski definition) is 4. The first-order valence-electron chi connectivity index (χ1n) is 6.47. The summed E-state index contributed by atoms with van der Waals surface area (Å²) in [7, 11) is 0. The molecule has 0 aliphatic heterocycles. The second-order valence-corrected chi connectivity index (χ2v) is 4.93. The summed E-state index contributed by atoms with van der Waals surface area (Å²) in [5.74, 6) is -0.280. The normalized spacial score (nSPS) is 14.5. The number of halogens is 1. The maximum Gasteiger partial charge on any atom is 0.169 e. The molecule has 0 aliphatic carbocycles. The number of rotatable bonds is 5. The first-order valence-corrected chi connectivity index (χ1v) is 6.47. The summed E-state index contributed by atoms with van der Waals surface area (Å²) in [4.78, 5) is 10.8. The minimum absolute atomic E-state index is 0. The second kappa shape index (κ2) is 7.38. The maximum absolute atomic E-state index is 10.8. The number of aldehydes is 1. The predicted molar refractivity (Wildman–Crippen MR) is 85.0 cm³/mol. The van der Waals surface area contributed by atoms with E-state index in [-0.39, 0.29) is 35.7 Å². The fourth-order valence-corrected chi connectivity index (χ4v) is 2.12. The van der Waals surface area contributed by atoms with Gasteiger partial charge >= 0.3 is 0 Å². The molecule has 2 aromatic rings. The Labute approximate surface area is 134 Å². The van der Waals surface area contributed by atoms with Crippen molar-refractivity contribution in [1.82, 2.24) is 0 Å². The summed E-state index contributed by atoms with van der Waals surface area (Å²) in [5.41, 5.74) is 4.57. The van der Waals surface area contributed by atoms with Gasteiger partial charge in [-0.15, -0.1) is 12.4 Å². The van der Waals surface area contributed by atoms with Crippen molar-refractivity contribution in [3.8, 4) is 5.75 Å². The molecule has 0 fully saturated rings. The van der Waals surface area contributed by atoms with Crippen LogP contribution in [0.25, 0.3) is 0 Å². The molecule has 5 N–H and O–H groups in total. The predicted octanol–water partition coefficient (Wildman–Crippen LogP) is 1.33. The second-order valence-electron chi connectivity index (χ2n) is 4.93. The molecule has 6 heteroatoms. The molecule has 0 heterocycles. The fourth-order valence-electron chi connectivity index (χ4n) is 2.12. The van der Waals surface area contributed by atoms with Crippen LogP contribution in [0.15, 0.2) is 48.5 Å². The number of phenols is 1. The highest BCUT2D eigenvalue weighted by molar-refractivity contribution is 5.85. The number of aromatic hydroxyl groups is 1. The van der Waals surface area contributed by atoms with Gasteiger partial charge in [-0.1, -0.05) is 30.3 Å². The van der Waals surface area contributed by atoms with Crippen molar-refractivity contribution < 1.29 is 20.1 Å². The number of carbonyl (C=O) groups is 1. The highest BCUT2D eigenvalue weighted by Gasteiger charge is 2.35. The molecule has 0 bridgehead atoms. The summed E-state index contributed by atoms with van der Waals surface area (Å²) in [6, 6.07) is 12.9. The van der Waals surface area contributed by atoms with Gasteiger partial charge in [0.2, 0.25) is 0 Å². The molecule has 0 saturated heterocycles. The fraction of sp³-hybridized carbons (Fsp3) is 0.188. The molecule has 0 aliphatic rings. The van der Waals surface area contributed by atoms with Crippen LogP contribution in [0.1, 0.15) is 21.5 Å². The molecule has 0 amide bonds. The number of aliphatic hydroxyl groups is 2. The van der Waals surface area contributed by atoms with Crippen LogP contribution >= 0.6 is 12.4 Å². The van der Waals surface area contributed by atoms with Crippen molar-refractivity contribution in [3.05, 3.63) is 65.2 Å². The van der Waals surface area contributed by atoms with Crippen molar-refractivity contribution >= 4 is 18.7 Å². The molecule has 0 aromatic heterocycles. The molecule has 0 unspecified atom stereocenters. The van der Waals surface area contributed by atoms with Gasteiger partial charge in [0.1, 0.15) is 18.1 Å². The molecule has 2 aromatic carbocycles. The van der Waals surface area contributed by atoms with Gasteiger partial charge in [0.15, 0.2) is 5.72 Å². The van der Waals surface area contributed by atoms with Crippen LogP contribution in [0.3, 0.4) is 0 Å². The maximum atomic E-state index is 10.8. The Morgan fingerprint density at radius 3 is 2.41 bits per heavy atom. The topological polar surface area (TPSA) is 104 Å². The van der Waals surface area contributed by atoms with E-state index < -0.39 is 11.8 Å². The van der Waals surface area contributed by atoms with E-state index in [4.69, 9.17) is 5.73 Å². The Bertz CT molecular complexity index is 631. The number of hydrogen-bond acceptors (Lipinski definition) is 5. The van der Waals surface area contributed by atoms with Gasteiger partial charge in [-0.2, -0.15) is 0 Å². The third kappa shape index (κ3) is 3.84. The minimum atomic E-state index is -2.17. The monoisotopic (exact) mass is 323 g/mol. The number of benzene rings is 2. The Morgan fingerprint density at radius 1 is 1.18 bits per heavy atom. The standard InChI is InChI=1S/C16H17NO4.ClH/c17-16(21,13-8-12(10-18)6-7-14(13)19)15(20)9-11-4-2-1-3-5-11;/h1-8,10,15,19-21H,9,17H2;1H/t15-,16-;/m0./s1. The van der Waals surface area contributed by atoms with Gasteiger partial charge in [0.25, 0.3) is 0 Å². The van der Waals surface area contributed by atoms with Gasteiger partial charge in [-0.05, 0) is 23.8 Å². The zero-order valence-electron chi connectivity index (χ0n) is 11.7. The lowest BCUT2D eigenvalue weighted by molar-refractivity contribution is -0.0768. The molecular weight excluding hydrogens is 306 g/mol. The van der Waals surface area contributed by atoms with Crippen LogP contribution in [0.5, 0.6) is 5.75 Å². The van der Waals surface area contributed by atoms with Crippen molar-refractivity contribution in [2.24, 2.45) is 5.73 Å². The van der Waals surface area contributed by atoms with Crippen LogP contribution in [0.4, 0.5) is 0 Å². The third-order valence-corrected chi connectivity index (χ3v) is 3.37. The Balaban J connectivity index is 0.00000242. The van der Waals surface area contributed by atoms with Crippen LogP contribution in [-0.4, -0.2) is 27.7 Å². The van der Waals surface area contributed by atoms with Gasteiger partial charge in [-0.25, -0.2) is 0 Å². The molecule has 22 heavy (non-hydrogen) atoms. The minimum Gasteiger partial charge on any atom is -0.508 e. The molecule has 2 rings (SSSR count). The van der Waals surface area contributed by atoms with Crippen LogP contribution < -0.4 is 5.73 Å². The third-order valence-electron chi connectivity index (χ3n) is 3.37. The average Bonchev–Trinajstić information content (AvgIpc) is 2.48. The molecule has 2 atom stereocenters. The number of phenolic OH excluding ortho intramolecular Hbond substituents is 1. The molecule has 0 saturated carbocycles. The van der Waals surface area contributed by atoms with Crippen molar-refractivity contribution in [2.75, 3.05) is 0 Å². The molecule has 0 spiro atoms. The summed E-state index contributed by atoms with van der Waals surface area (Å²) in [6.45, 7) is 0.